The van der Waals surface area contributed by atoms with Gasteiger partial charge in [0.15, 0.2) is 11.6 Å². The summed E-state index contributed by atoms with van der Waals surface area (Å²) in [6.45, 7) is 4.58. The maximum Gasteiger partial charge on any atom is 0.321 e. The third kappa shape index (κ3) is 6.32. The number of halogens is 1. The molecule has 5 rings (SSSR count). The second-order valence-corrected chi connectivity index (χ2v) is 10.8. The Kier molecular flexibility index (Phi) is 8.72. The van der Waals surface area contributed by atoms with Gasteiger partial charge in [0.1, 0.15) is 6.61 Å². The van der Waals surface area contributed by atoms with Crippen molar-refractivity contribution < 1.29 is 18.7 Å². The zero-order valence-electron chi connectivity index (χ0n) is 23.2. The smallest absolute Gasteiger partial charge is 0.321 e. The van der Waals surface area contributed by atoms with Gasteiger partial charge in [0.05, 0.1) is 6.54 Å². The highest BCUT2D eigenvalue weighted by Gasteiger charge is 2.28. The SMILES string of the molecule is CNc1cc(OCCN2CCCC2=O)c(F)cc1C(=N)C1CCN(C(=O)Nc2ccc(N3CCCC3)cc2)CC1. The van der Waals surface area contributed by atoms with Crippen LogP contribution in [0.15, 0.2) is 36.4 Å². The molecule has 2 aromatic rings. The van der Waals surface area contributed by atoms with Gasteiger partial charge < -0.3 is 35.5 Å². The number of hydrogen-bond acceptors (Lipinski definition) is 6. The largest absolute Gasteiger partial charge is 0.489 e. The van der Waals surface area contributed by atoms with Crippen LogP contribution in [0.25, 0.3) is 0 Å². The summed E-state index contributed by atoms with van der Waals surface area (Å²) in [5, 5.41) is 14.9. The van der Waals surface area contributed by atoms with E-state index in [0.29, 0.717) is 55.9 Å². The zero-order chi connectivity index (χ0) is 28.1. The van der Waals surface area contributed by atoms with Crippen molar-refractivity contribution in [3.8, 4) is 5.75 Å². The standard InChI is InChI=1S/C30H39FN6O3/c1-33-26-20-27(40-18-17-36-14-4-5-28(36)38)25(31)19-24(26)29(32)21-10-15-37(16-11-21)30(39)34-22-6-8-23(9-7-22)35-12-2-3-13-35/h6-9,19-21,32-33H,2-5,10-18H2,1H3,(H,34,39). The molecule has 0 bridgehead atoms. The lowest BCUT2D eigenvalue weighted by molar-refractivity contribution is -0.128. The van der Waals surface area contributed by atoms with Gasteiger partial charge in [-0.2, -0.15) is 0 Å². The predicted molar refractivity (Wildman–Crippen MR) is 155 cm³/mol. The van der Waals surface area contributed by atoms with Crippen molar-refractivity contribution in [1.29, 1.82) is 5.41 Å². The van der Waals surface area contributed by atoms with Crippen molar-refractivity contribution >= 4 is 34.7 Å². The van der Waals surface area contributed by atoms with E-state index in [4.69, 9.17) is 10.1 Å². The lowest BCUT2D eigenvalue weighted by Crippen LogP contribution is -2.42. The van der Waals surface area contributed by atoms with Crippen molar-refractivity contribution in [3.63, 3.8) is 0 Å². The first-order chi connectivity index (χ1) is 19.4. The van der Waals surface area contributed by atoms with Crippen LogP contribution in [0.2, 0.25) is 0 Å². The van der Waals surface area contributed by atoms with E-state index in [1.54, 1.807) is 22.9 Å². The van der Waals surface area contributed by atoms with Crippen LogP contribution in [-0.2, 0) is 4.79 Å². The number of hydrogen-bond donors (Lipinski definition) is 3. The fourth-order valence-electron chi connectivity index (χ4n) is 5.82. The van der Waals surface area contributed by atoms with Crippen LogP contribution in [0.3, 0.4) is 0 Å². The number of urea groups is 1. The third-order valence-electron chi connectivity index (χ3n) is 8.20. The Morgan fingerprint density at radius 1 is 1.05 bits per heavy atom. The summed E-state index contributed by atoms with van der Waals surface area (Å²) in [4.78, 5) is 30.5. The Morgan fingerprint density at radius 2 is 1.77 bits per heavy atom. The summed E-state index contributed by atoms with van der Waals surface area (Å²) in [5.41, 5.74) is 3.44. The van der Waals surface area contributed by atoms with Crippen LogP contribution in [0, 0.1) is 17.1 Å². The number of carbonyl (C=O) groups excluding carboxylic acids is 2. The summed E-state index contributed by atoms with van der Waals surface area (Å²) in [5.74, 6) is -0.395. The molecule has 0 spiro atoms. The second kappa shape index (κ2) is 12.6. The van der Waals surface area contributed by atoms with Crippen LogP contribution in [0.5, 0.6) is 5.75 Å². The average Bonchev–Trinajstić information content (AvgIpc) is 3.66. The van der Waals surface area contributed by atoms with Crippen molar-refractivity contribution in [2.45, 2.75) is 38.5 Å². The van der Waals surface area contributed by atoms with Gasteiger partial charge in [-0.05, 0) is 62.4 Å². The molecule has 0 unspecified atom stereocenters. The fourth-order valence-corrected chi connectivity index (χ4v) is 5.82. The lowest BCUT2D eigenvalue weighted by Gasteiger charge is -2.32. The van der Waals surface area contributed by atoms with Crippen molar-refractivity contribution in [3.05, 3.63) is 47.8 Å². The number of rotatable bonds is 9. The maximum atomic E-state index is 15.0. The van der Waals surface area contributed by atoms with Crippen molar-refractivity contribution in [2.24, 2.45) is 5.92 Å². The Balaban J connectivity index is 1.13. The van der Waals surface area contributed by atoms with E-state index >= 15 is 0 Å². The van der Waals surface area contributed by atoms with Crippen LogP contribution < -0.4 is 20.3 Å². The number of benzene rings is 2. The number of amides is 3. The molecule has 3 saturated heterocycles. The summed E-state index contributed by atoms with van der Waals surface area (Å²) in [6, 6.07) is 10.8. The molecule has 3 N–H and O–H groups in total. The Hall–Kier alpha value is -3.82. The van der Waals surface area contributed by atoms with E-state index in [2.05, 4.69) is 27.7 Å². The van der Waals surface area contributed by atoms with Gasteiger partial charge in [0, 0.05) is 86.5 Å². The highest BCUT2D eigenvalue weighted by Crippen LogP contribution is 2.31. The number of carbonyl (C=O) groups is 2. The lowest BCUT2D eigenvalue weighted by atomic mass is 9.87. The molecule has 0 saturated carbocycles. The average molecular weight is 551 g/mol. The van der Waals surface area contributed by atoms with Crippen molar-refractivity contribution in [2.75, 3.05) is 68.5 Å². The van der Waals surface area contributed by atoms with E-state index in [0.717, 1.165) is 31.7 Å². The Morgan fingerprint density at radius 3 is 2.42 bits per heavy atom. The molecule has 0 atom stereocenters. The molecular weight excluding hydrogens is 511 g/mol. The van der Waals surface area contributed by atoms with Gasteiger partial charge in [-0.1, -0.05) is 0 Å². The highest BCUT2D eigenvalue weighted by atomic mass is 19.1. The first-order valence-electron chi connectivity index (χ1n) is 14.3. The van der Waals surface area contributed by atoms with E-state index in [9.17, 15) is 14.0 Å². The van der Waals surface area contributed by atoms with Crippen LogP contribution in [-0.4, -0.2) is 80.4 Å². The molecule has 40 heavy (non-hydrogen) atoms. The summed E-state index contributed by atoms with van der Waals surface area (Å²) >= 11 is 0. The normalized spacial score (nSPS) is 17.9. The van der Waals surface area contributed by atoms with Gasteiger partial charge in [0.25, 0.3) is 0 Å². The molecule has 214 valence electrons. The Labute approximate surface area is 235 Å². The predicted octanol–water partition coefficient (Wildman–Crippen LogP) is 4.78. The summed E-state index contributed by atoms with van der Waals surface area (Å²) < 4.78 is 20.6. The minimum Gasteiger partial charge on any atom is -0.489 e. The second-order valence-electron chi connectivity index (χ2n) is 10.8. The number of anilines is 3. The van der Waals surface area contributed by atoms with E-state index in [1.807, 2.05) is 12.1 Å². The van der Waals surface area contributed by atoms with Crippen molar-refractivity contribution in [1.82, 2.24) is 9.80 Å². The highest BCUT2D eigenvalue weighted by molar-refractivity contribution is 6.05. The molecule has 0 radical (unpaired) electrons. The Bertz CT molecular complexity index is 1220. The monoisotopic (exact) mass is 550 g/mol. The quantitative estimate of drug-likeness (QED) is 0.390. The minimum absolute atomic E-state index is 0.0803. The number of nitrogens with zero attached hydrogens (tertiary/aromatic N) is 3. The molecule has 9 nitrogen and oxygen atoms in total. The molecule has 0 aromatic heterocycles. The molecule has 10 heteroatoms. The van der Waals surface area contributed by atoms with E-state index < -0.39 is 5.82 Å². The third-order valence-corrected chi connectivity index (χ3v) is 8.20. The van der Waals surface area contributed by atoms with Gasteiger partial charge in [-0.3, -0.25) is 4.79 Å². The topological polar surface area (TPSA) is 101 Å². The fraction of sp³-hybridized carbons (Fsp3) is 0.500. The van der Waals surface area contributed by atoms with Gasteiger partial charge in [-0.25, -0.2) is 9.18 Å². The maximum absolute atomic E-state index is 15.0. The molecule has 0 aliphatic carbocycles. The van der Waals surface area contributed by atoms with E-state index in [1.165, 1.54) is 24.6 Å². The number of piperidine rings is 1. The van der Waals surface area contributed by atoms with Gasteiger partial charge in [0.2, 0.25) is 5.91 Å². The molecule has 3 aliphatic heterocycles. The minimum atomic E-state index is -0.529. The molecule has 3 amide bonds. The number of likely N-dealkylation sites (tertiary alicyclic amines) is 2. The first kappa shape index (κ1) is 27.7. The molecule has 3 aliphatic rings. The van der Waals surface area contributed by atoms with Crippen LogP contribution >= 0.6 is 0 Å². The van der Waals surface area contributed by atoms with Gasteiger partial charge in [-0.15, -0.1) is 0 Å². The zero-order valence-corrected chi connectivity index (χ0v) is 23.2. The van der Waals surface area contributed by atoms with Crippen LogP contribution in [0.4, 0.5) is 26.2 Å². The first-order valence-corrected chi connectivity index (χ1v) is 14.3. The van der Waals surface area contributed by atoms with Crippen LogP contribution in [0.1, 0.15) is 44.1 Å². The van der Waals surface area contributed by atoms with Gasteiger partial charge >= 0.3 is 6.03 Å². The molecule has 3 heterocycles. The summed E-state index contributed by atoms with van der Waals surface area (Å²) in [7, 11) is 1.74. The molecule has 2 aromatic carbocycles. The molecular formula is C30H39FN6O3. The molecule has 3 fully saturated rings. The summed E-state index contributed by atoms with van der Waals surface area (Å²) in [6.07, 6.45) is 5.12. The van der Waals surface area contributed by atoms with E-state index in [-0.39, 0.29) is 30.2 Å². The number of nitrogens with one attached hydrogen (secondary N) is 3. The number of ether oxygens (including phenoxy) is 1.